The summed E-state index contributed by atoms with van der Waals surface area (Å²) < 4.78 is 3.80. The van der Waals surface area contributed by atoms with Crippen molar-refractivity contribution in [3.8, 4) is 11.1 Å². The first-order chi connectivity index (χ1) is 11.5. The predicted molar refractivity (Wildman–Crippen MR) is 92.6 cm³/mol. The van der Waals surface area contributed by atoms with Gasteiger partial charge in [0, 0.05) is 56.9 Å². The van der Waals surface area contributed by atoms with Crippen molar-refractivity contribution < 1.29 is 4.79 Å². The van der Waals surface area contributed by atoms with Crippen LogP contribution in [0, 0.1) is 6.92 Å². The van der Waals surface area contributed by atoms with Crippen LogP contribution in [0.2, 0.25) is 0 Å². The highest BCUT2D eigenvalue weighted by Gasteiger charge is 2.12. The molecule has 0 atom stereocenters. The monoisotopic (exact) mass is 323 g/mol. The van der Waals surface area contributed by atoms with Crippen molar-refractivity contribution in [2.45, 2.75) is 13.5 Å². The summed E-state index contributed by atoms with van der Waals surface area (Å²) in [6.07, 6.45) is 7.47. The number of rotatable bonds is 5. The molecule has 1 aromatic carbocycles. The van der Waals surface area contributed by atoms with Gasteiger partial charge in [0.25, 0.3) is 5.91 Å². The van der Waals surface area contributed by atoms with Gasteiger partial charge in [0.2, 0.25) is 0 Å². The van der Waals surface area contributed by atoms with E-state index in [9.17, 15) is 4.79 Å². The Kier molecular flexibility index (Phi) is 4.46. The lowest BCUT2D eigenvalue weighted by Crippen LogP contribution is -2.30. The minimum atomic E-state index is 0.0190. The molecule has 2 aromatic heterocycles. The molecule has 6 heteroatoms. The molecule has 6 nitrogen and oxygen atoms in total. The quantitative estimate of drug-likeness (QED) is 0.724. The molecule has 0 aliphatic carbocycles. The van der Waals surface area contributed by atoms with E-state index in [1.165, 1.54) is 0 Å². The zero-order valence-corrected chi connectivity index (χ0v) is 14.2. The second-order valence-corrected chi connectivity index (χ2v) is 5.87. The first-order valence-electron chi connectivity index (χ1n) is 7.87. The van der Waals surface area contributed by atoms with Gasteiger partial charge in [0.05, 0.1) is 6.20 Å². The third kappa shape index (κ3) is 3.37. The summed E-state index contributed by atoms with van der Waals surface area (Å²) in [5.41, 5.74) is 2.78. The Morgan fingerprint density at radius 1 is 1.21 bits per heavy atom. The van der Waals surface area contributed by atoms with E-state index in [0.29, 0.717) is 12.1 Å². The SMILES string of the molecule is Cc1nccn1CCN(C)C(=O)c1ccc(-c2cnn(C)c2)cc1. The fourth-order valence-corrected chi connectivity index (χ4v) is 2.60. The van der Waals surface area contributed by atoms with Crippen LogP contribution in [0.25, 0.3) is 11.1 Å². The number of aryl methyl sites for hydroxylation is 2. The van der Waals surface area contributed by atoms with E-state index in [1.807, 2.05) is 68.4 Å². The summed E-state index contributed by atoms with van der Waals surface area (Å²) >= 11 is 0. The Bertz CT molecular complexity index is 831. The van der Waals surface area contributed by atoms with E-state index < -0.39 is 0 Å². The minimum Gasteiger partial charge on any atom is -0.340 e. The van der Waals surface area contributed by atoms with Crippen LogP contribution >= 0.6 is 0 Å². The van der Waals surface area contributed by atoms with E-state index in [-0.39, 0.29) is 5.91 Å². The average Bonchev–Trinajstić information content (AvgIpc) is 3.20. The van der Waals surface area contributed by atoms with Crippen molar-refractivity contribution in [2.75, 3.05) is 13.6 Å². The summed E-state index contributed by atoms with van der Waals surface area (Å²) in [4.78, 5) is 18.5. The number of carbonyl (C=O) groups is 1. The number of imidazole rings is 1. The predicted octanol–water partition coefficient (Wildman–Crippen LogP) is 2.36. The van der Waals surface area contributed by atoms with E-state index in [0.717, 1.165) is 23.5 Å². The third-order valence-electron chi connectivity index (χ3n) is 4.12. The van der Waals surface area contributed by atoms with Crippen molar-refractivity contribution in [1.29, 1.82) is 0 Å². The number of likely N-dealkylation sites (N-methyl/N-ethyl adjacent to an activating group) is 1. The average molecular weight is 323 g/mol. The van der Waals surface area contributed by atoms with Gasteiger partial charge in [-0.1, -0.05) is 12.1 Å². The van der Waals surface area contributed by atoms with Crippen LogP contribution in [-0.4, -0.2) is 43.7 Å². The maximum Gasteiger partial charge on any atom is 0.253 e. The number of nitrogens with zero attached hydrogens (tertiary/aromatic N) is 5. The largest absolute Gasteiger partial charge is 0.340 e. The standard InChI is InChI=1S/C18H21N5O/c1-14-19-8-9-23(14)11-10-21(2)18(24)16-6-4-15(5-7-16)17-12-20-22(3)13-17/h4-9,12-13H,10-11H2,1-3H3. The molecule has 0 aliphatic rings. The molecule has 0 spiro atoms. The molecule has 124 valence electrons. The maximum absolute atomic E-state index is 12.5. The van der Waals surface area contributed by atoms with Crippen LogP contribution in [0.3, 0.4) is 0 Å². The van der Waals surface area contributed by atoms with Gasteiger partial charge >= 0.3 is 0 Å². The van der Waals surface area contributed by atoms with Gasteiger partial charge in [0.15, 0.2) is 0 Å². The van der Waals surface area contributed by atoms with Gasteiger partial charge in [-0.15, -0.1) is 0 Å². The number of aromatic nitrogens is 4. The van der Waals surface area contributed by atoms with E-state index in [1.54, 1.807) is 15.8 Å². The zero-order valence-electron chi connectivity index (χ0n) is 14.2. The molecular formula is C18H21N5O. The minimum absolute atomic E-state index is 0.0190. The molecule has 1 amide bonds. The van der Waals surface area contributed by atoms with Crippen LogP contribution in [0.15, 0.2) is 49.1 Å². The lowest BCUT2D eigenvalue weighted by Gasteiger charge is -2.18. The van der Waals surface area contributed by atoms with Crippen LogP contribution in [0.4, 0.5) is 0 Å². The molecular weight excluding hydrogens is 302 g/mol. The smallest absolute Gasteiger partial charge is 0.253 e. The molecule has 24 heavy (non-hydrogen) atoms. The first-order valence-corrected chi connectivity index (χ1v) is 7.87. The van der Waals surface area contributed by atoms with E-state index >= 15 is 0 Å². The highest BCUT2D eigenvalue weighted by Crippen LogP contribution is 2.19. The number of amides is 1. The van der Waals surface area contributed by atoms with Crippen molar-refractivity contribution in [3.63, 3.8) is 0 Å². The molecule has 0 saturated heterocycles. The van der Waals surface area contributed by atoms with Crippen molar-refractivity contribution >= 4 is 5.91 Å². The molecule has 2 heterocycles. The Morgan fingerprint density at radius 2 is 1.96 bits per heavy atom. The summed E-state index contributed by atoms with van der Waals surface area (Å²) in [6.45, 7) is 3.33. The van der Waals surface area contributed by atoms with Crippen molar-refractivity contribution in [3.05, 3.63) is 60.4 Å². The Labute approximate surface area is 141 Å². The first kappa shape index (κ1) is 16.0. The molecule has 0 bridgehead atoms. The topological polar surface area (TPSA) is 56.0 Å². The van der Waals surface area contributed by atoms with Crippen LogP contribution in [0.5, 0.6) is 0 Å². The van der Waals surface area contributed by atoms with Crippen LogP contribution in [-0.2, 0) is 13.6 Å². The van der Waals surface area contributed by atoms with Crippen LogP contribution < -0.4 is 0 Å². The second kappa shape index (κ2) is 6.70. The van der Waals surface area contributed by atoms with Crippen molar-refractivity contribution in [2.24, 2.45) is 7.05 Å². The lowest BCUT2D eigenvalue weighted by atomic mass is 10.1. The molecule has 0 radical (unpaired) electrons. The fraction of sp³-hybridized carbons (Fsp3) is 0.278. The van der Waals surface area contributed by atoms with E-state index in [4.69, 9.17) is 0 Å². The summed E-state index contributed by atoms with van der Waals surface area (Å²) in [7, 11) is 3.71. The molecule has 0 N–H and O–H groups in total. The third-order valence-corrected chi connectivity index (χ3v) is 4.12. The second-order valence-electron chi connectivity index (χ2n) is 5.87. The molecule has 0 aliphatic heterocycles. The van der Waals surface area contributed by atoms with Gasteiger partial charge in [-0.2, -0.15) is 5.10 Å². The lowest BCUT2D eigenvalue weighted by molar-refractivity contribution is 0.0790. The summed E-state index contributed by atoms with van der Waals surface area (Å²) in [5.74, 6) is 0.974. The van der Waals surface area contributed by atoms with Gasteiger partial charge in [-0.05, 0) is 24.6 Å². The molecule has 0 saturated carbocycles. The van der Waals surface area contributed by atoms with Crippen LogP contribution in [0.1, 0.15) is 16.2 Å². The van der Waals surface area contributed by atoms with Gasteiger partial charge in [0.1, 0.15) is 5.82 Å². The van der Waals surface area contributed by atoms with Crippen molar-refractivity contribution in [1.82, 2.24) is 24.2 Å². The van der Waals surface area contributed by atoms with Gasteiger partial charge in [-0.25, -0.2) is 4.98 Å². The zero-order chi connectivity index (χ0) is 17.1. The summed E-state index contributed by atoms with van der Waals surface area (Å²) in [5, 5.41) is 4.17. The maximum atomic E-state index is 12.5. The highest BCUT2D eigenvalue weighted by molar-refractivity contribution is 5.94. The molecule has 3 rings (SSSR count). The molecule has 0 fully saturated rings. The Balaban J connectivity index is 1.65. The number of hydrogen-bond acceptors (Lipinski definition) is 3. The van der Waals surface area contributed by atoms with Gasteiger partial charge in [-0.3, -0.25) is 9.48 Å². The number of carbonyl (C=O) groups excluding carboxylic acids is 1. The molecule has 0 unspecified atom stereocenters. The fourth-order valence-electron chi connectivity index (χ4n) is 2.60. The number of hydrogen-bond donors (Lipinski definition) is 0. The summed E-state index contributed by atoms with van der Waals surface area (Å²) in [6, 6.07) is 7.64. The Morgan fingerprint density at radius 3 is 2.54 bits per heavy atom. The Hall–Kier alpha value is -2.89. The number of benzene rings is 1. The highest BCUT2D eigenvalue weighted by atomic mass is 16.2. The molecule has 3 aromatic rings. The van der Waals surface area contributed by atoms with Gasteiger partial charge < -0.3 is 9.47 Å². The normalized spacial score (nSPS) is 10.8. The van der Waals surface area contributed by atoms with E-state index in [2.05, 4.69) is 10.1 Å².